The van der Waals surface area contributed by atoms with Gasteiger partial charge in [-0.05, 0) is 66.2 Å². The van der Waals surface area contributed by atoms with Crippen molar-refractivity contribution in [1.82, 2.24) is 9.80 Å². The summed E-state index contributed by atoms with van der Waals surface area (Å²) in [7, 11) is 0. The summed E-state index contributed by atoms with van der Waals surface area (Å²) in [5.41, 5.74) is 3.64. The molecule has 0 bridgehead atoms. The average Bonchev–Trinajstić information content (AvgIpc) is 3.51. The normalized spacial score (nSPS) is 18.4. The van der Waals surface area contributed by atoms with Crippen molar-refractivity contribution in [2.75, 3.05) is 19.6 Å². The van der Waals surface area contributed by atoms with Gasteiger partial charge < -0.3 is 9.80 Å². The van der Waals surface area contributed by atoms with Gasteiger partial charge in [-0.2, -0.15) is 0 Å². The monoisotopic (exact) mass is 480 g/mol. The Morgan fingerprint density at radius 1 is 1.12 bits per heavy atom. The number of carbonyl (C=O) groups excluding carboxylic acids is 2. The maximum Gasteiger partial charge on any atom is 0.242 e. The smallest absolute Gasteiger partial charge is 0.242 e. The summed E-state index contributed by atoms with van der Waals surface area (Å²) in [6, 6.07) is 10.5. The lowest BCUT2D eigenvalue weighted by Crippen LogP contribution is -2.47. The van der Waals surface area contributed by atoms with Crippen LogP contribution < -0.4 is 0 Å². The molecule has 2 amide bonds. The summed E-state index contributed by atoms with van der Waals surface area (Å²) in [5.74, 6) is 1.42. The van der Waals surface area contributed by atoms with E-state index >= 15 is 0 Å². The first kappa shape index (κ1) is 25.0. The number of aryl methyl sites for hydroxylation is 1. The zero-order valence-electron chi connectivity index (χ0n) is 21.1. The van der Waals surface area contributed by atoms with E-state index in [1.54, 1.807) is 11.3 Å². The van der Waals surface area contributed by atoms with E-state index in [4.69, 9.17) is 0 Å². The number of hydrogen-bond acceptors (Lipinski definition) is 3. The molecular formula is C29H40N2O2S. The molecule has 4 rings (SSSR count). The van der Waals surface area contributed by atoms with E-state index in [0.29, 0.717) is 31.3 Å². The summed E-state index contributed by atoms with van der Waals surface area (Å²) < 4.78 is 0. The van der Waals surface area contributed by atoms with Gasteiger partial charge in [0.25, 0.3) is 0 Å². The highest BCUT2D eigenvalue weighted by Gasteiger charge is 2.34. The van der Waals surface area contributed by atoms with Gasteiger partial charge in [-0.25, -0.2) is 0 Å². The molecule has 0 N–H and O–H groups in total. The second-order valence-electron chi connectivity index (χ2n) is 10.6. The standard InChI is InChI=1S/C29H40N2O2S/c1-21(2)14-17-30(27(32)13-12-23-9-5-6-10-23)20-28(33)31-18-15-26-25(16-19-34-26)29(31)24-11-7-4-8-22(24)3/h4,7-8,11,16,19,21,23,29H,5-6,9-10,12-15,17-18,20H2,1-3H3. The van der Waals surface area contributed by atoms with Gasteiger partial charge in [0, 0.05) is 24.4 Å². The summed E-state index contributed by atoms with van der Waals surface area (Å²) >= 11 is 1.79. The number of rotatable bonds is 9. The van der Waals surface area contributed by atoms with Crippen LogP contribution in [0.5, 0.6) is 0 Å². The van der Waals surface area contributed by atoms with Gasteiger partial charge in [-0.3, -0.25) is 9.59 Å². The van der Waals surface area contributed by atoms with E-state index in [1.807, 2.05) is 9.80 Å². The molecule has 184 valence electrons. The molecule has 1 fully saturated rings. The van der Waals surface area contributed by atoms with Crippen molar-refractivity contribution in [3.05, 3.63) is 57.3 Å². The lowest BCUT2D eigenvalue weighted by molar-refractivity contribution is -0.142. The fourth-order valence-corrected chi connectivity index (χ4v) is 6.46. The summed E-state index contributed by atoms with van der Waals surface area (Å²) in [5, 5.41) is 2.14. The van der Waals surface area contributed by atoms with Gasteiger partial charge in [-0.15, -0.1) is 11.3 Å². The Kier molecular flexibility index (Phi) is 8.46. The van der Waals surface area contributed by atoms with Crippen molar-refractivity contribution in [3.8, 4) is 0 Å². The first-order valence-corrected chi connectivity index (χ1v) is 14.0. The van der Waals surface area contributed by atoms with E-state index in [0.717, 1.165) is 19.3 Å². The molecule has 4 nitrogen and oxygen atoms in total. The fraction of sp³-hybridized carbons (Fsp3) is 0.586. The first-order chi connectivity index (χ1) is 16.4. The Morgan fingerprint density at radius 3 is 2.62 bits per heavy atom. The van der Waals surface area contributed by atoms with Crippen molar-refractivity contribution in [1.29, 1.82) is 0 Å². The summed E-state index contributed by atoms with van der Waals surface area (Å²) in [6.07, 6.45) is 8.48. The second-order valence-corrected chi connectivity index (χ2v) is 11.6. The van der Waals surface area contributed by atoms with E-state index < -0.39 is 0 Å². The molecule has 0 saturated heterocycles. The Hall–Kier alpha value is -2.14. The topological polar surface area (TPSA) is 40.6 Å². The molecule has 0 spiro atoms. The third kappa shape index (κ3) is 5.91. The Labute approximate surface area is 209 Å². The van der Waals surface area contributed by atoms with E-state index in [1.165, 1.54) is 47.3 Å². The number of nitrogens with zero attached hydrogens (tertiary/aromatic N) is 2. The van der Waals surface area contributed by atoms with Crippen LogP contribution in [0.4, 0.5) is 0 Å². The molecule has 1 aromatic heterocycles. The quantitative estimate of drug-likeness (QED) is 0.418. The molecule has 5 heteroatoms. The zero-order valence-corrected chi connectivity index (χ0v) is 21.9. The highest BCUT2D eigenvalue weighted by Crippen LogP contribution is 2.39. The van der Waals surface area contributed by atoms with Crippen LogP contribution in [0.1, 0.15) is 86.4 Å². The van der Waals surface area contributed by atoms with Crippen molar-refractivity contribution in [3.63, 3.8) is 0 Å². The molecular weight excluding hydrogens is 440 g/mol. The van der Waals surface area contributed by atoms with Crippen molar-refractivity contribution in [2.45, 2.75) is 78.2 Å². The van der Waals surface area contributed by atoms with Gasteiger partial charge in [0.2, 0.25) is 11.8 Å². The minimum absolute atomic E-state index is 0.0655. The molecule has 2 aliphatic rings. The van der Waals surface area contributed by atoms with E-state index in [9.17, 15) is 9.59 Å². The molecule has 1 atom stereocenters. The van der Waals surface area contributed by atoms with Crippen LogP contribution in [0.15, 0.2) is 35.7 Å². The number of fused-ring (bicyclic) bond motifs is 1. The lowest BCUT2D eigenvalue weighted by atomic mass is 9.90. The van der Waals surface area contributed by atoms with Crippen LogP contribution in [0.2, 0.25) is 0 Å². The molecule has 1 aliphatic heterocycles. The van der Waals surface area contributed by atoms with Crippen LogP contribution in [-0.2, 0) is 16.0 Å². The second kappa shape index (κ2) is 11.5. The number of thiophene rings is 1. The molecule has 1 aliphatic carbocycles. The molecule has 0 radical (unpaired) electrons. The van der Waals surface area contributed by atoms with Gasteiger partial charge in [-0.1, -0.05) is 63.8 Å². The lowest BCUT2D eigenvalue weighted by Gasteiger charge is -2.38. The highest BCUT2D eigenvalue weighted by molar-refractivity contribution is 7.10. The van der Waals surface area contributed by atoms with Crippen molar-refractivity contribution in [2.24, 2.45) is 11.8 Å². The van der Waals surface area contributed by atoms with Crippen LogP contribution in [0, 0.1) is 18.8 Å². The fourth-order valence-electron chi connectivity index (χ4n) is 5.56. The first-order valence-electron chi connectivity index (χ1n) is 13.1. The number of benzene rings is 1. The zero-order chi connectivity index (χ0) is 24.1. The van der Waals surface area contributed by atoms with Gasteiger partial charge >= 0.3 is 0 Å². The minimum atomic E-state index is -0.0655. The van der Waals surface area contributed by atoms with E-state index in [2.05, 4.69) is 56.5 Å². The number of hydrogen-bond donors (Lipinski definition) is 0. The molecule has 1 saturated carbocycles. The average molecular weight is 481 g/mol. The SMILES string of the molecule is Cc1ccccc1C1c2ccsc2CCN1C(=O)CN(CCC(C)C)C(=O)CCC1CCCC1. The molecule has 1 unspecified atom stereocenters. The Morgan fingerprint density at radius 2 is 1.88 bits per heavy atom. The van der Waals surface area contributed by atoms with Gasteiger partial charge in [0.15, 0.2) is 0 Å². The van der Waals surface area contributed by atoms with Crippen LogP contribution in [-0.4, -0.2) is 41.2 Å². The Bertz CT molecular complexity index is 976. The maximum atomic E-state index is 13.8. The van der Waals surface area contributed by atoms with Gasteiger partial charge in [0.05, 0.1) is 12.6 Å². The van der Waals surface area contributed by atoms with Crippen molar-refractivity contribution < 1.29 is 9.59 Å². The van der Waals surface area contributed by atoms with Gasteiger partial charge in [0.1, 0.15) is 0 Å². The van der Waals surface area contributed by atoms with Crippen LogP contribution in [0.3, 0.4) is 0 Å². The number of amides is 2. The third-order valence-electron chi connectivity index (χ3n) is 7.67. The van der Waals surface area contributed by atoms with Crippen molar-refractivity contribution >= 4 is 23.2 Å². The Balaban J connectivity index is 1.51. The van der Waals surface area contributed by atoms with Crippen LogP contribution >= 0.6 is 11.3 Å². The highest BCUT2D eigenvalue weighted by atomic mass is 32.1. The summed E-state index contributed by atoms with van der Waals surface area (Å²) in [4.78, 5) is 32.3. The van der Waals surface area contributed by atoms with E-state index in [-0.39, 0.29) is 24.4 Å². The third-order valence-corrected chi connectivity index (χ3v) is 8.66. The molecule has 34 heavy (non-hydrogen) atoms. The number of carbonyl (C=O) groups is 2. The molecule has 1 aromatic carbocycles. The molecule has 2 aromatic rings. The largest absolute Gasteiger partial charge is 0.333 e. The van der Waals surface area contributed by atoms with Crippen LogP contribution in [0.25, 0.3) is 0 Å². The molecule has 2 heterocycles. The maximum absolute atomic E-state index is 13.8. The summed E-state index contributed by atoms with van der Waals surface area (Å²) in [6.45, 7) is 8.05. The minimum Gasteiger partial charge on any atom is -0.333 e. The predicted octanol–water partition coefficient (Wildman–Crippen LogP) is 6.38. The predicted molar refractivity (Wildman–Crippen MR) is 140 cm³/mol.